The van der Waals surface area contributed by atoms with Crippen molar-refractivity contribution >= 4 is 11.8 Å². The molecule has 6 heteroatoms. The first-order chi connectivity index (χ1) is 9.51. The smallest absolute Gasteiger partial charge is 0.335 e. The van der Waals surface area contributed by atoms with Crippen LogP contribution in [0.15, 0.2) is 12.1 Å². The molecular weight excluding hydrogens is 258 g/mol. The Morgan fingerprint density at radius 1 is 1.60 bits per heavy atom. The quantitative estimate of drug-likeness (QED) is 0.902. The lowest BCUT2D eigenvalue weighted by Gasteiger charge is -2.31. The van der Waals surface area contributed by atoms with Crippen LogP contribution in [0.2, 0.25) is 0 Å². The largest absolute Gasteiger partial charge is 0.478 e. The van der Waals surface area contributed by atoms with Gasteiger partial charge in [0.05, 0.1) is 24.8 Å². The number of carboxylic acids is 1. The molecule has 1 atom stereocenters. The van der Waals surface area contributed by atoms with Gasteiger partial charge in [0.15, 0.2) is 6.10 Å². The lowest BCUT2D eigenvalue weighted by molar-refractivity contribution is 0.0696. The highest BCUT2D eigenvalue weighted by Crippen LogP contribution is 2.22. The Bertz CT molecular complexity index is 551. The van der Waals surface area contributed by atoms with Crippen LogP contribution < -0.4 is 4.90 Å². The van der Waals surface area contributed by atoms with E-state index in [-0.39, 0.29) is 11.5 Å². The minimum atomic E-state index is -0.972. The van der Waals surface area contributed by atoms with Crippen molar-refractivity contribution in [2.75, 3.05) is 24.6 Å². The Labute approximate surface area is 117 Å². The number of hydrogen-bond acceptors (Lipinski definition) is 5. The predicted octanol–water partition coefficient (Wildman–Crippen LogP) is 1.63. The molecule has 0 radical (unpaired) electrons. The molecule has 106 valence electrons. The molecule has 1 aromatic heterocycles. The number of aromatic carboxylic acids is 1. The second-order valence-electron chi connectivity index (χ2n) is 5.03. The second kappa shape index (κ2) is 5.88. The van der Waals surface area contributed by atoms with Crippen molar-refractivity contribution in [2.45, 2.75) is 25.9 Å². The van der Waals surface area contributed by atoms with Gasteiger partial charge in [-0.05, 0) is 18.1 Å². The fraction of sp³-hybridized carbons (Fsp3) is 0.500. The van der Waals surface area contributed by atoms with Crippen molar-refractivity contribution in [3.63, 3.8) is 0 Å². The van der Waals surface area contributed by atoms with Crippen molar-refractivity contribution in [3.05, 3.63) is 23.4 Å². The molecule has 0 spiro atoms. The third-order valence-corrected chi connectivity index (χ3v) is 3.20. The number of aromatic nitrogens is 1. The average molecular weight is 275 g/mol. The molecule has 1 unspecified atom stereocenters. The summed E-state index contributed by atoms with van der Waals surface area (Å²) in [4.78, 5) is 17.6. The predicted molar refractivity (Wildman–Crippen MR) is 72.9 cm³/mol. The summed E-state index contributed by atoms with van der Waals surface area (Å²) in [7, 11) is 0. The minimum absolute atomic E-state index is 0.140. The van der Waals surface area contributed by atoms with Gasteiger partial charge in [-0.25, -0.2) is 9.78 Å². The molecule has 1 fully saturated rings. The van der Waals surface area contributed by atoms with Gasteiger partial charge in [0, 0.05) is 12.2 Å². The summed E-state index contributed by atoms with van der Waals surface area (Å²) in [6.07, 6.45) is -0.499. The van der Waals surface area contributed by atoms with Gasteiger partial charge in [-0.3, -0.25) is 0 Å². The van der Waals surface area contributed by atoms with E-state index in [0.29, 0.717) is 25.5 Å². The molecule has 2 heterocycles. The molecule has 1 aliphatic heterocycles. The van der Waals surface area contributed by atoms with Crippen molar-refractivity contribution in [1.82, 2.24) is 4.98 Å². The first kappa shape index (κ1) is 14.3. The molecule has 0 aromatic carbocycles. The minimum Gasteiger partial charge on any atom is -0.478 e. The molecule has 2 rings (SSSR count). The Balaban J connectivity index is 2.35. The third-order valence-electron chi connectivity index (χ3n) is 3.20. The van der Waals surface area contributed by atoms with Crippen LogP contribution in [0.5, 0.6) is 0 Å². The van der Waals surface area contributed by atoms with Gasteiger partial charge < -0.3 is 14.7 Å². The highest BCUT2D eigenvalue weighted by molar-refractivity contribution is 5.88. The fourth-order valence-electron chi connectivity index (χ4n) is 2.05. The number of rotatable bonds is 3. The van der Waals surface area contributed by atoms with E-state index in [4.69, 9.17) is 10.00 Å². The van der Waals surface area contributed by atoms with Gasteiger partial charge >= 0.3 is 5.97 Å². The van der Waals surface area contributed by atoms with Crippen LogP contribution in [-0.4, -0.2) is 41.9 Å². The van der Waals surface area contributed by atoms with E-state index in [1.54, 1.807) is 12.1 Å². The average Bonchev–Trinajstić information content (AvgIpc) is 2.46. The Kier molecular flexibility index (Phi) is 4.20. The molecule has 0 saturated carbocycles. The summed E-state index contributed by atoms with van der Waals surface area (Å²) >= 11 is 0. The second-order valence-corrected chi connectivity index (χ2v) is 5.03. The standard InChI is InChI=1S/C14H17N3O3/c1-9(2)12-5-10(14(18)19)6-13(16-12)17-3-4-20-11(7-15)8-17/h5-6,9,11H,3-4,8H2,1-2H3,(H,18,19). The Morgan fingerprint density at radius 2 is 2.35 bits per heavy atom. The van der Waals surface area contributed by atoms with Crippen LogP contribution >= 0.6 is 0 Å². The van der Waals surface area contributed by atoms with Gasteiger partial charge in [-0.2, -0.15) is 5.26 Å². The van der Waals surface area contributed by atoms with Gasteiger partial charge in [0.1, 0.15) is 5.82 Å². The van der Waals surface area contributed by atoms with E-state index >= 15 is 0 Å². The molecule has 0 bridgehead atoms. The van der Waals surface area contributed by atoms with Crippen molar-refractivity contribution in [3.8, 4) is 6.07 Å². The highest BCUT2D eigenvalue weighted by Gasteiger charge is 2.22. The van der Waals surface area contributed by atoms with Crippen LogP contribution in [0, 0.1) is 11.3 Å². The summed E-state index contributed by atoms with van der Waals surface area (Å²) in [5.41, 5.74) is 0.957. The van der Waals surface area contributed by atoms with Crippen LogP contribution in [-0.2, 0) is 4.74 Å². The molecule has 0 aliphatic carbocycles. The van der Waals surface area contributed by atoms with Crippen molar-refractivity contribution < 1.29 is 14.6 Å². The molecule has 1 N–H and O–H groups in total. The van der Waals surface area contributed by atoms with Crippen LogP contribution in [0.4, 0.5) is 5.82 Å². The zero-order chi connectivity index (χ0) is 14.7. The maximum absolute atomic E-state index is 11.2. The van der Waals surface area contributed by atoms with Crippen LogP contribution in [0.25, 0.3) is 0 Å². The molecular formula is C14H17N3O3. The zero-order valence-corrected chi connectivity index (χ0v) is 11.5. The normalized spacial score (nSPS) is 18.9. The van der Waals surface area contributed by atoms with E-state index in [0.717, 1.165) is 5.69 Å². The maximum Gasteiger partial charge on any atom is 0.335 e. The van der Waals surface area contributed by atoms with E-state index in [9.17, 15) is 9.90 Å². The molecule has 1 saturated heterocycles. The van der Waals surface area contributed by atoms with Crippen molar-refractivity contribution in [1.29, 1.82) is 5.26 Å². The Hall–Kier alpha value is -2.13. The zero-order valence-electron chi connectivity index (χ0n) is 11.5. The molecule has 1 aromatic rings. The monoisotopic (exact) mass is 275 g/mol. The summed E-state index contributed by atoms with van der Waals surface area (Å²) in [6.45, 7) is 5.38. The first-order valence-electron chi connectivity index (χ1n) is 6.52. The number of nitriles is 1. The summed E-state index contributed by atoms with van der Waals surface area (Å²) in [5.74, 6) is -0.237. The fourth-order valence-corrected chi connectivity index (χ4v) is 2.05. The number of carbonyl (C=O) groups is 1. The number of ether oxygens (including phenoxy) is 1. The van der Waals surface area contributed by atoms with E-state index in [2.05, 4.69) is 11.1 Å². The Morgan fingerprint density at radius 3 is 2.95 bits per heavy atom. The van der Waals surface area contributed by atoms with Gasteiger partial charge in [0.25, 0.3) is 0 Å². The summed E-state index contributed by atoms with van der Waals surface area (Å²) in [5, 5.41) is 18.1. The topological polar surface area (TPSA) is 86.5 Å². The highest BCUT2D eigenvalue weighted by atomic mass is 16.5. The molecule has 6 nitrogen and oxygen atoms in total. The van der Waals surface area contributed by atoms with E-state index in [1.165, 1.54) is 0 Å². The third kappa shape index (κ3) is 3.06. The number of nitrogens with zero attached hydrogens (tertiary/aromatic N) is 3. The van der Waals surface area contributed by atoms with Gasteiger partial charge in [-0.15, -0.1) is 0 Å². The van der Waals surface area contributed by atoms with Crippen molar-refractivity contribution in [2.24, 2.45) is 0 Å². The molecule has 1 aliphatic rings. The lowest BCUT2D eigenvalue weighted by atomic mass is 10.1. The molecule has 20 heavy (non-hydrogen) atoms. The lowest BCUT2D eigenvalue weighted by Crippen LogP contribution is -2.42. The summed E-state index contributed by atoms with van der Waals surface area (Å²) in [6, 6.07) is 5.22. The molecule has 0 amide bonds. The first-order valence-corrected chi connectivity index (χ1v) is 6.52. The van der Waals surface area contributed by atoms with Crippen LogP contribution in [0.1, 0.15) is 35.8 Å². The van der Waals surface area contributed by atoms with Crippen LogP contribution in [0.3, 0.4) is 0 Å². The van der Waals surface area contributed by atoms with E-state index < -0.39 is 12.1 Å². The van der Waals surface area contributed by atoms with Gasteiger partial charge in [-0.1, -0.05) is 13.8 Å². The number of hydrogen-bond donors (Lipinski definition) is 1. The van der Waals surface area contributed by atoms with Gasteiger partial charge in [0.2, 0.25) is 0 Å². The SMILES string of the molecule is CC(C)c1cc(C(=O)O)cc(N2CCOC(C#N)C2)n1. The van der Waals surface area contributed by atoms with E-state index in [1.807, 2.05) is 18.7 Å². The number of pyridine rings is 1. The number of carboxylic acid groups (broad SMARTS) is 1. The maximum atomic E-state index is 11.2. The summed E-state index contributed by atoms with van der Waals surface area (Å²) < 4.78 is 5.29. The number of anilines is 1. The number of morpholine rings is 1.